The summed E-state index contributed by atoms with van der Waals surface area (Å²) in [5.74, 6) is -1.09. The second-order valence-corrected chi connectivity index (χ2v) is 18.4. The van der Waals surface area contributed by atoms with Crippen molar-refractivity contribution in [2.45, 2.75) is 232 Å². The monoisotopic (exact) mass is 1000 g/mol. The molecule has 0 aliphatic carbocycles. The maximum absolute atomic E-state index is 12.9. The first-order chi connectivity index (χ1) is 36.0. The number of carbonyl (C=O) groups is 3. The van der Waals surface area contributed by atoms with Gasteiger partial charge in [0.15, 0.2) is 6.10 Å². The van der Waals surface area contributed by atoms with Gasteiger partial charge in [0, 0.05) is 19.3 Å². The summed E-state index contributed by atoms with van der Waals surface area (Å²) in [5.41, 5.74) is 0. The summed E-state index contributed by atoms with van der Waals surface area (Å²) in [5, 5.41) is 0. The maximum atomic E-state index is 12.9. The Balaban J connectivity index is 4.61. The standard InChI is InChI=1S/C67H104O6/c1-4-7-10-13-16-19-22-25-28-31-33-36-39-42-45-48-51-54-57-60-66(69)72-63-64(62-71-65(68)59-56-53-50-47-44-41-38-35-30-27-24-21-18-15-12-9-6-3)73-67(70)61-58-55-52-49-46-43-40-37-34-32-29-26-23-20-17-14-11-8-5-2/h7,9-10,12,16-21,25-30,33,36,38,41-42,45,47,50-51,54,64H,4-6,8,11,13-15,22-24,31-32,34-35,37,39-40,43-44,46,48-49,52-53,55-63H2,1-3H3/b10-7+,12-9+,19-16+,20-17+,21-18+,28-25+,29-26+,30-27+,36-33+,41-38+,45-42+,50-47+,54-51+/t64-/m1/s1. The molecule has 0 N–H and O–H groups in total. The lowest BCUT2D eigenvalue weighted by atomic mass is 10.1. The van der Waals surface area contributed by atoms with Gasteiger partial charge in [-0.1, -0.05) is 237 Å². The second-order valence-electron chi connectivity index (χ2n) is 18.4. The molecular formula is C67H104O6. The predicted octanol–water partition coefficient (Wildman–Crippen LogP) is 19.8. The molecule has 0 aromatic rings. The highest BCUT2D eigenvalue weighted by Gasteiger charge is 2.19. The minimum atomic E-state index is -0.843. The Hall–Kier alpha value is -4.97. The van der Waals surface area contributed by atoms with Crippen molar-refractivity contribution in [1.82, 2.24) is 0 Å². The van der Waals surface area contributed by atoms with Crippen LogP contribution in [0.2, 0.25) is 0 Å². The Morgan fingerprint density at radius 3 is 0.959 bits per heavy atom. The SMILES string of the molecule is CC/C=C/C/C=C/C/C=C/C/C=C/C/C=C/C/C=C/CCC(=O)OC[C@@H](COC(=O)CCC/C=C/C/C=C/C/C=C/C/C=C/C/C=C/CC)OC(=O)CCCCCCCCCCC/C=C/C/C=C/CCCCC. The summed E-state index contributed by atoms with van der Waals surface area (Å²) in [7, 11) is 0. The molecule has 0 saturated carbocycles. The molecular weight excluding hydrogens is 901 g/mol. The van der Waals surface area contributed by atoms with Gasteiger partial charge in [-0.25, -0.2) is 0 Å². The topological polar surface area (TPSA) is 78.9 Å². The molecule has 0 aliphatic rings. The molecule has 73 heavy (non-hydrogen) atoms. The lowest BCUT2D eigenvalue weighted by Gasteiger charge is -2.18. The smallest absolute Gasteiger partial charge is 0.306 e. The van der Waals surface area contributed by atoms with E-state index in [2.05, 4.69) is 167 Å². The highest BCUT2D eigenvalue weighted by molar-refractivity contribution is 5.71. The molecule has 0 amide bonds. The first kappa shape index (κ1) is 68.0. The molecule has 0 rings (SSSR count). The fraction of sp³-hybridized carbons (Fsp3) is 0.567. The fourth-order valence-corrected chi connectivity index (χ4v) is 7.24. The largest absolute Gasteiger partial charge is 0.462 e. The fourth-order valence-electron chi connectivity index (χ4n) is 7.24. The van der Waals surface area contributed by atoms with Crippen molar-refractivity contribution in [3.8, 4) is 0 Å². The van der Waals surface area contributed by atoms with Gasteiger partial charge in [-0.05, 0) is 128 Å². The van der Waals surface area contributed by atoms with Crippen LogP contribution in [0.3, 0.4) is 0 Å². The van der Waals surface area contributed by atoms with Gasteiger partial charge in [0.05, 0.1) is 0 Å². The lowest BCUT2D eigenvalue weighted by Crippen LogP contribution is -2.30. The van der Waals surface area contributed by atoms with Crippen LogP contribution in [0.25, 0.3) is 0 Å². The minimum absolute atomic E-state index is 0.139. The van der Waals surface area contributed by atoms with Crippen molar-refractivity contribution in [3.05, 3.63) is 158 Å². The van der Waals surface area contributed by atoms with E-state index >= 15 is 0 Å². The average Bonchev–Trinajstić information content (AvgIpc) is 3.39. The van der Waals surface area contributed by atoms with Crippen molar-refractivity contribution in [1.29, 1.82) is 0 Å². The van der Waals surface area contributed by atoms with Crippen LogP contribution in [0, 0.1) is 0 Å². The number of unbranched alkanes of at least 4 members (excludes halogenated alkanes) is 13. The van der Waals surface area contributed by atoms with Gasteiger partial charge in [-0.2, -0.15) is 0 Å². The van der Waals surface area contributed by atoms with E-state index in [-0.39, 0.29) is 50.4 Å². The molecule has 0 spiro atoms. The summed E-state index contributed by atoms with van der Waals surface area (Å²) in [6.45, 7) is 6.26. The zero-order valence-corrected chi connectivity index (χ0v) is 46.6. The van der Waals surface area contributed by atoms with Crippen LogP contribution in [-0.4, -0.2) is 37.2 Å². The van der Waals surface area contributed by atoms with E-state index in [9.17, 15) is 14.4 Å². The number of esters is 3. The molecule has 6 heteroatoms. The van der Waals surface area contributed by atoms with Crippen molar-refractivity contribution >= 4 is 17.9 Å². The van der Waals surface area contributed by atoms with E-state index in [0.29, 0.717) is 12.8 Å². The lowest BCUT2D eigenvalue weighted by molar-refractivity contribution is -0.166. The molecule has 0 radical (unpaired) electrons. The molecule has 0 unspecified atom stereocenters. The van der Waals surface area contributed by atoms with Crippen LogP contribution in [0.15, 0.2) is 158 Å². The maximum Gasteiger partial charge on any atom is 0.306 e. The molecule has 0 aromatic heterocycles. The number of hydrogen-bond donors (Lipinski definition) is 0. The molecule has 0 fully saturated rings. The van der Waals surface area contributed by atoms with Gasteiger partial charge in [-0.15, -0.1) is 0 Å². The van der Waals surface area contributed by atoms with Gasteiger partial charge in [-0.3, -0.25) is 14.4 Å². The van der Waals surface area contributed by atoms with E-state index in [1.165, 1.54) is 70.6 Å². The number of allylic oxidation sites excluding steroid dienone is 26. The predicted molar refractivity (Wildman–Crippen MR) is 315 cm³/mol. The average molecular weight is 1010 g/mol. The highest BCUT2D eigenvalue weighted by atomic mass is 16.6. The van der Waals surface area contributed by atoms with Crippen molar-refractivity contribution in [2.75, 3.05) is 13.2 Å². The van der Waals surface area contributed by atoms with E-state index in [1.807, 2.05) is 12.2 Å². The van der Waals surface area contributed by atoms with Crippen molar-refractivity contribution in [3.63, 3.8) is 0 Å². The van der Waals surface area contributed by atoms with Crippen LogP contribution in [0.1, 0.15) is 226 Å². The number of rotatable bonds is 50. The third-order valence-electron chi connectivity index (χ3n) is 11.5. The van der Waals surface area contributed by atoms with Gasteiger partial charge in [0.2, 0.25) is 0 Å². The highest BCUT2D eigenvalue weighted by Crippen LogP contribution is 2.13. The normalized spacial score (nSPS) is 13.3. The molecule has 0 saturated heterocycles. The minimum Gasteiger partial charge on any atom is -0.462 e. The number of hydrogen-bond acceptors (Lipinski definition) is 6. The van der Waals surface area contributed by atoms with Gasteiger partial charge in [0.1, 0.15) is 13.2 Å². The summed E-state index contributed by atoms with van der Waals surface area (Å²) < 4.78 is 16.7. The number of ether oxygens (including phenoxy) is 3. The molecule has 0 heterocycles. The van der Waals surface area contributed by atoms with Crippen LogP contribution >= 0.6 is 0 Å². The summed E-state index contributed by atoms with van der Waals surface area (Å²) >= 11 is 0. The van der Waals surface area contributed by atoms with Crippen LogP contribution in [0.5, 0.6) is 0 Å². The van der Waals surface area contributed by atoms with Crippen LogP contribution in [-0.2, 0) is 28.6 Å². The Morgan fingerprint density at radius 1 is 0.288 bits per heavy atom. The van der Waals surface area contributed by atoms with Crippen LogP contribution in [0.4, 0.5) is 0 Å². The molecule has 0 aromatic carbocycles. The van der Waals surface area contributed by atoms with Gasteiger partial charge >= 0.3 is 17.9 Å². The molecule has 408 valence electrons. The Bertz CT molecular complexity index is 1670. The third-order valence-corrected chi connectivity index (χ3v) is 11.5. The summed E-state index contributed by atoms with van der Waals surface area (Å²) in [6, 6.07) is 0. The Labute approximate surface area is 448 Å². The molecule has 0 aliphatic heterocycles. The molecule has 6 nitrogen and oxygen atoms in total. The first-order valence-corrected chi connectivity index (χ1v) is 29.0. The molecule has 1 atom stereocenters. The van der Waals surface area contributed by atoms with Gasteiger partial charge < -0.3 is 14.2 Å². The molecule has 0 bridgehead atoms. The second kappa shape index (κ2) is 59.6. The Morgan fingerprint density at radius 2 is 0.575 bits per heavy atom. The van der Waals surface area contributed by atoms with E-state index < -0.39 is 6.10 Å². The van der Waals surface area contributed by atoms with Crippen molar-refractivity contribution in [2.24, 2.45) is 0 Å². The van der Waals surface area contributed by atoms with E-state index in [4.69, 9.17) is 14.2 Å². The summed E-state index contributed by atoms with van der Waals surface area (Å²) in [4.78, 5) is 38.2. The van der Waals surface area contributed by atoms with Gasteiger partial charge in [0.25, 0.3) is 0 Å². The van der Waals surface area contributed by atoms with Crippen molar-refractivity contribution < 1.29 is 28.6 Å². The number of carbonyl (C=O) groups excluding carboxylic acids is 3. The van der Waals surface area contributed by atoms with E-state index in [1.54, 1.807) is 0 Å². The first-order valence-electron chi connectivity index (χ1n) is 29.0. The van der Waals surface area contributed by atoms with Crippen LogP contribution < -0.4 is 0 Å². The Kier molecular flexibility index (Phi) is 55.5. The quantitative estimate of drug-likeness (QED) is 0.0261. The van der Waals surface area contributed by atoms with E-state index in [0.717, 1.165) is 103 Å². The zero-order valence-electron chi connectivity index (χ0n) is 46.6. The zero-order chi connectivity index (χ0) is 52.9. The third kappa shape index (κ3) is 57.8. The summed E-state index contributed by atoms with van der Waals surface area (Å²) in [6.07, 6.45) is 86.8.